The fourth-order valence-electron chi connectivity index (χ4n) is 1.74. The maximum absolute atomic E-state index is 8.96. The van der Waals surface area contributed by atoms with Crippen molar-refractivity contribution in [1.29, 1.82) is 5.26 Å². The Morgan fingerprint density at radius 1 is 1.19 bits per heavy atom. The van der Waals surface area contributed by atoms with E-state index >= 15 is 0 Å². The van der Waals surface area contributed by atoms with Gasteiger partial charge in [0, 0.05) is 0 Å². The average Bonchev–Trinajstić information content (AvgIpc) is 2.33. The second-order valence-electron chi connectivity index (χ2n) is 4.51. The van der Waals surface area contributed by atoms with Gasteiger partial charge in [0.1, 0.15) is 5.54 Å². The van der Waals surface area contributed by atoms with Crippen LogP contribution in [0, 0.1) is 11.3 Å². The molecule has 3 nitrogen and oxygen atoms in total. The molecule has 0 spiro atoms. The van der Waals surface area contributed by atoms with E-state index in [1.165, 1.54) is 19.4 Å². The summed E-state index contributed by atoms with van der Waals surface area (Å²) in [5.41, 5.74) is 5.34. The van der Waals surface area contributed by atoms with Crippen molar-refractivity contribution in [2.75, 3.05) is 19.6 Å². The summed E-state index contributed by atoms with van der Waals surface area (Å²) in [6.07, 6.45) is 5.07. The van der Waals surface area contributed by atoms with Gasteiger partial charge in [-0.3, -0.25) is 0 Å². The predicted octanol–water partition coefficient (Wildman–Crippen LogP) is 2.52. The van der Waals surface area contributed by atoms with E-state index < -0.39 is 5.54 Å². The van der Waals surface area contributed by atoms with Gasteiger partial charge in [0.15, 0.2) is 0 Å². The molecule has 0 aromatic heterocycles. The standard InChI is InChI=1S/C13H27N3/c1-4-7-10-16(6-3)11-8-9-13(15,5-2)12-14/h4-11,15H2,1-3H3. The molecule has 0 heterocycles. The Morgan fingerprint density at radius 2 is 1.81 bits per heavy atom. The molecule has 0 aromatic carbocycles. The van der Waals surface area contributed by atoms with E-state index in [9.17, 15) is 0 Å². The fraction of sp³-hybridized carbons (Fsp3) is 0.923. The number of nitrogens with zero attached hydrogens (tertiary/aromatic N) is 2. The lowest BCUT2D eigenvalue weighted by atomic mass is 9.93. The van der Waals surface area contributed by atoms with Crippen LogP contribution < -0.4 is 5.73 Å². The Kier molecular flexibility index (Phi) is 8.23. The van der Waals surface area contributed by atoms with Crippen LogP contribution in [0.5, 0.6) is 0 Å². The van der Waals surface area contributed by atoms with E-state index in [1.807, 2.05) is 6.92 Å². The molecule has 0 bridgehead atoms. The van der Waals surface area contributed by atoms with Crippen LogP contribution in [-0.4, -0.2) is 30.1 Å². The van der Waals surface area contributed by atoms with Gasteiger partial charge in [-0.25, -0.2) is 0 Å². The van der Waals surface area contributed by atoms with E-state index in [2.05, 4.69) is 24.8 Å². The monoisotopic (exact) mass is 225 g/mol. The Hall–Kier alpha value is -0.590. The molecule has 94 valence electrons. The number of nitriles is 1. The molecule has 3 heteroatoms. The van der Waals surface area contributed by atoms with Gasteiger partial charge in [-0.15, -0.1) is 0 Å². The summed E-state index contributed by atoms with van der Waals surface area (Å²) in [6.45, 7) is 9.72. The van der Waals surface area contributed by atoms with Crippen LogP contribution in [0.4, 0.5) is 0 Å². The lowest BCUT2D eigenvalue weighted by molar-refractivity contribution is 0.268. The quantitative estimate of drug-likeness (QED) is 0.656. The molecular formula is C13H27N3. The summed E-state index contributed by atoms with van der Waals surface area (Å²) in [7, 11) is 0. The summed E-state index contributed by atoms with van der Waals surface area (Å²) >= 11 is 0. The number of hydrogen-bond acceptors (Lipinski definition) is 3. The van der Waals surface area contributed by atoms with E-state index in [1.54, 1.807) is 0 Å². The van der Waals surface area contributed by atoms with Crippen LogP contribution >= 0.6 is 0 Å². The molecule has 0 fully saturated rings. The molecule has 0 rings (SSSR count). The number of hydrogen-bond donors (Lipinski definition) is 1. The molecule has 0 aliphatic carbocycles. The maximum atomic E-state index is 8.96. The smallest absolute Gasteiger partial charge is 0.104 e. The second kappa shape index (κ2) is 8.55. The van der Waals surface area contributed by atoms with Crippen LogP contribution in [0.1, 0.15) is 52.9 Å². The molecule has 1 unspecified atom stereocenters. The van der Waals surface area contributed by atoms with E-state index in [4.69, 9.17) is 11.0 Å². The average molecular weight is 225 g/mol. The molecule has 0 amide bonds. The largest absolute Gasteiger partial charge is 0.313 e. The molecular weight excluding hydrogens is 198 g/mol. The minimum absolute atomic E-state index is 0.607. The van der Waals surface area contributed by atoms with Crippen molar-refractivity contribution < 1.29 is 0 Å². The number of unbranched alkanes of at least 4 members (excludes halogenated alkanes) is 1. The summed E-state index contributed by atoms with van der Waals surface area (Å²) in [4.78, 5) is 2.44. The van der Waals surface area contributed by atoms with Crippen molar-refractivity contribution >= 4 is 0 Å². The summed E-state index contributed by atoms with van der Waals surface area (Å²) < 4.78 is 0. The van der Waals surface area contributed by atoms with Gasteiger partial charge in [-0.05, 0) is 45.3 Å². The summed E-state index contributed by atoms with van der Waals surface area (Å²) in [5.74, 6) is 0. The first-order chi connectivity index (χ1) is 7.61. The maximum Gasteiger partial charge on any atom is 0.104 e. The summed E-state index contributed by atoms with van der Waals surface area (Å²) in [6, 6.07) is 2.22. The SMILES string of the molecule is CCCCN(CC)CCCC(N)(C#N)CC. The van der Waals surface area contributed by atoms with Crippen molar-refractivity contribution in [3.8, 4) is 6.07 Å². The van der Waals surface area contributed by atoms with Crippen molar-refractivity contribution in [3.05, 3.63) is 0 Å². The Balaban J connectivity index is 3.82. The summed E-state index contributed by atoms with van der Waals surface area (Å²) in [5, 5.41) is 8.96. The predicted molar refractivity (Wildman–Crippen MR) is 69.1 cm³/mol. The zero-order valence-electron chi connectivity index (χ0n) is 11.1. The minimum Gasteiger partial charge on any atom is -0.313 e. The molecule has 0 radical (unpaired) electrons. The van der Waals surface area contributed by atoms with Gasteiger partial charge in [0.05, 0.1) is 6.07 Å². The van der Waals surface area contributed by atoms with Gasteiger partial charge in [0.2, 0.25) is 0 Å². The molecule has 0 saturated carbocycles. The molecule has 0 aliphatic rings. The fourth-order valence-corrected chi connectivity index (χ4v) is 1.74. The number of nitrogens with two attached hydrogens (primary N) is 1. The van der Waals surface area contributed by atoms with Crippen LogP contribution in [0.15, 0.2) is 0 Å². The molecule has 0 aliphatic heterocycles. The topological polar surface area (TPSA) is 53.0 Å². The van der Waals surface area contributed by atoms with Crippen LogP contribution in [0.2, 0.25) is 0 Å². The molecule has 2 N–H and O–H groups in total. The van der Waals surface area contributed by atoms with Crippen molar-refractivity contribution in [3.63, 3.8) is 0 Å². The van der Waals surface area contributed by atoms with Gasteiger partial charge < -0.3 is 10.6 Å². The lowest BCUT2D eigenvalue weighted by Gasteiger charge is -2.23. The third-order valence-electron chi connectivity index (χ3n) is 3.23. The lowest BCUT2D eigenvalue weighted by Crippen LogP contribution is -2.38. The van der Waals surface area contributed by atoms with Gasteiger partial charge in [-0.2, -0.15) is 5.26 Å². The van der Waals surface area contributed by atoms with Crippen LogP contribution in [-0.2, 0) is 0 Å². The Bertz CT molecular complexity index is 210. The highest BCUT2D eigenvalue weighted by atomic mass is 15.1. The first-order valence-electron chi connectivity index (χ1n) is 6.54. The van der Waals surface area contributed by atoms with Gasteiger partial charge >= 0.3 is 0 Å². The first-order valence-corrected chi connectivity index (χ1v) is 6.54. The minimum atomic E-state index is -0.607. The molecule has 16 heavy (non-hydrogen) atoms. The third kappa shape index (κ3) is 6.09. The van der Waals surface area contributed by atoms with E-state index in [0.717, 1.165) is 32.4 Å². The van der Waals surface area contributed by atoms with Crippen molar-refractivity contribution in [2.24, 2.45) is 5.73 Å². The van der Waals surface area contributed by atoms with Gasteiger partial charge in [0.25, 0.3) is 0 Å². The van der Waals surface area contributed by atoms with Crippen molar-refractivity contribution in [2.45, 2.75) is 58.4 Å². The zero-order chi connectivity index (χ0) is 12.4. The molecule has 0 aromatic rings. The highest BCUT2D eigenvalue weighted by molar-refractivity contribution is 5.03. The number of rotatable bonds is 9. The highest BCUT2D eigenvalue weighted by Crippen LogP contribution is 2.13. The normalized spacial score (nSPS) is 14.8. The second-order valence-corrected chi connectivity index (χ2v) is 4.51. The molecule has 0 saturated heterocycles. The van der Waals surface area contributed by atoms with Crippen LogP contribution in [0.3, 0.4) is 0 Å². The van der Waals surface area contributed by atoms with Gasteiger partial charge in [-0.1, -0.05) is 27.2 Å². The van der Waals surface area contributed by atoms with E-state index in [-0.39, 0.29) is 0 Å². The van der Waals surface area contributed by atoms with Crippen LogP contribution in [0.25, 0.3) is 0 Å². The Labute approximate surface area is 101 Å². The first kappa shape index (κ1) is 15.4. The Morgan fingerprint density at radius 3 is 2.25 bits per heavy atom. The third-order valence-corrected chi connectivity index (χ3v) is 3.23. The molecule has 1 atom stereocenters. The zero-order valence-corrected chi connectivity index (χ0v) is 11.1. The van der Waals surface area contributed by atoms with Crippen molar-refractivity contribution in [1.82, 2.24) is 4.90 Å². The van der Waals surface area contributed by atoms with E-state index in [0.29, 0.717) is 0 Å². The highest BCUT2D eigenvalue weighted by Gasteiger charge is 2.21.